The molecule has 1 aromatic rings. The number of hydrogen-bond acceptors (Lipinski definition) is 2. The number of nitrogens with zero attached hydrogens (tertiary/aromatic N) is 1. The summed E-state index contributed by atoms with van der Waals surface area (Å²) in [5.74, 6) is 0.330. The number of guanidine groups is 1. The summed E-state index contributed by atoms with van der Waals surface area (Å²) >= 11 is 0. The summed E-state index contributed by atoms with van der Waals surface area (Å²) in [6.45, 7) is 3.14. The number of carbonyl (C=O) groups is 1. The van der Waals surface area contributed by atoms with Gasteiger partial charge in [-0.1, -0.05) is 31.5 Å². The fraction of sp³-hybridized carbons (Fsp3) is 0.579. The third-order valence-corrected chi connectivity index (χ3v) is 4.92. The fourth-order valence-corrected chi connectivity index (χ4v) is 3.16. The molecule has 1 fully saturated rings. The molecule has 150 valence electrons. The highest BCUT2D eigenvalue weighted by molar-refractivity contribution is 5.86. The van der Waals surface area contributed by atoms with Crippen molar-refractivity contribution in [3.8, 4) is 0 Å². The van der Waals surface area contributed by atoms with E-state index in [1.807, 2.05) is 6.92 Å². The first-order chi connectivity index (χ1) is 12.8. The maximum atomic E-state index is 13.0. The van der Waals surface area contributed by atoms with Gasteiger partial charge in [0.1, 0.15) is 0 Å². The number of rotatable bonds is 7. The number of carbonyl (C=O) groups excluding carboxylic acids is 1. The van der Waals surface area contributed by atoms with Crippen molar-refractivity contribution in [1.29, 1.82) is 0 Å². The zero-order chi connectivity index (χ0) is 19.9. The van der Waals surface area contributed by atoms with Crippen LogP contribution in [0.4, 0.5) is 13.2 Å². The molecule has 0 saturated heterocycles. The molecule has 0 aliphatic heterocycles. The molecule has 0 aromatic heterocycles. The predicted molar refractivity (Wildman–Crippen MR) is 99.6 cm³/mol. The lowest BCUT2D eigenvalue weighted by molar-refractivity contribution is -0.137. The van der Waals surface area contributed by atoms with Crippen LogP contribution in [0.1, 0.15) is 43.7 Å². The van der Waals surface area contributed by atoms with Crippen LogP contribution in [0.25, 0.3) is 0 Å². The molecule has 0 spiro atoms. The first-order valence-electron chi connectivity index (χ1n) is 9.20. The van der Waals surface area contributed by atoms with Crippen molar-refractivity contribution < 1.29 is 18.0 Å². The van der Waals surface area contributed by atoms with E-state index >= 15 is 0 Å². The van der Waals surface area contributed by atoms with Gasteiger partial charge in [-0.15, -0.1) is 0 Å². The monoisotopic (exact) mass is 384 g/mol. The standard InChI is InChI=1S/C19H27F3N4O/c1-3-10-24-16(27)12-25-17(23-2)26-13-18(8-5-9-18)14-6-4-7-15(11-14)19(20,21)22/h4,6-7,11H,3,5,8-10,12-13H2,1-2H3,(H,24,27)(H2,23,25,26). The van der Waals surface area contributed by atoms with Crippen LogP contribution in [-0.2, 0) is 16.4 Å². The second kappa shape index (κ2) is 9.10. The van der Waals surface area contributed by atoms with E-state index in [0.29, 0.717) is 24.6 Å². The van der Waals surface area contributed by atoms with Gasteiger partial charge in [0, 0.05) is 25.6 Å². The van der Waals surface area contributed by atoms with Crippen LogP contribution >= 0.6 is 0 Å². The summed E-state index contributed by atoms with van der Waals surface area (Å²) in [6.07, 6.45) is -0.885. The number of amides is 1. The van der Waals surface area contributed by atoms with Gasteiger partial charge in [-0.05, 0) is 30.9 Å². The molecule has 27 heavy (non-hydrogen) atoms. The van der Waals surface area contributed by atoms with Crippen molar-refractivity contribution >= 4 is 11.9 Å². The normalized spacial score (nSPS) is 16.4. The highest BCUT2D eigenvalue weighted by Gasteiger charge is 2.40. The molecule has 0 atom stereocenters. The molecule has 1 saturated carbocycles. The Balaban J connectivity index is 1.98. The topological polar surface area (TPSA) is 65.5 Å². The van der Waals surface area contributed by atoms with E-state index < -0.39 is 11.7 Å². The van der Waals surface area contributed by atoms with Gasteiger partial charge in [0.2, 0.25) is 5.91 Å². The van der Waals surface area contributed by atoms with Gasteiger partial charge in [-0.3, -0.25) is 9.79 Å². The first kappa shape index (κ1) is 21.1. The average molecular weight is 384 g/mol. The van der Waals surface area contributed by atoms with Crippen molar-refractivity contribution in [2.24, 2.45) is 4.99 Å². The van der Waals surface area contributed by atoms with E-state index in [0.717, 1.165) is 31.7 Å². The van der Waals surface area contributed by atoms with Crippen LogP contribution in [0.3, 0.4) is 0 Å². The van der Waals surface area contributed by atoms with Gasteiger partial charge < -0.3 is 16.0 Å². The maximum Gasteiger partial charge on any atom is 0.416 e. The minimum Gasteiger partial charge on any atom is -0.356 e. The van der Waals surface area contributed by atoms with Gasteiger partial charge in [0.25, 0.3) is 0 Å². The maximum absolute atomic E-state index is 13.0. The van der Waals surface area contributed by atoms with E-state index in [-0.39, 0.29) is 17.9 Å². The average Bonchev–Trinajstić information content (AvgIpc) is 2.61. The van der Waals surface area contributed by atoms with E-state index in [4.69, 9.17) is 0 Å². The van der Waals surface area contributed by atoms with Gasteiger partial charge in [0.05, 0.1) is 12.1 Å². The quantitative estimate of drug-likeness (QED) is 0.500. The Morgan fingerprint density at radius 3 is 2.52 bits per heavy atom. The molecule has 2 rings (SSSR count). The molecular formula is C19H27F3N4O. The SMILES string of the molecule is CCCNC(=O)CNC(=NC)NCC1(c2cccc(C(F)(F)F)c2)CCC1. The van der Waals surface area contributed by atoms with Crippen LogP contribution in [0.5, 0.6) is 0 Å². The predicted octanol–water partition coefficient (Wildman–Crippen LogP) is 2.82. The van der Waals surface area contributed by atoms with E-state index in [1.54, 1.807) is 13.1 Å². The van der Waals surface area contributed by atoms with Gasteiger partial charge >= 0.3 is 6.18 Å². The van der Waals surface area contributed by atoms with Crippen molar-refractivity contribution in [3.63, 3.8) is 0 Å². The van der Waals surface area contributed by atoms with Crippen LogP contribution < -0.4 is 16.0 Å². The third-order valence-electron chi connectivity index (χ3n) is 4.92. The lowest BCUT2D eigenvalue weighted by Gasteiger charge is -2.43. The fourth-order valence-electron chi connectivity index (χ4n) is 3.16. The lowest BCUT2D eigenvalue weighted by Crippen LogP contribution is -2.50. The zero-order valence-electron chi connectivity index (χ0n) is 15.7. The number of alkyl halides is 3. The lowest BCUT2D eigenvalue weighted by atomic mass is 9.64. The molecule has 1 amide bonds. The summed E-state index contributed by atoms with van der Waals surface area (Å²) in [4.78, 5) is 15.8. The van der Waals surface area contributed by atoms with E-state index in [9.17, 15) is 18.0 Å². The van der Waals surface area contributed by atoms with E-state index in [2.05, 4.69) is 20.9 Å². The second-order valence-electron chi connectivity index (χ2n) is 6.84. The second-order valence-corrected chi connectivity index (χ2v) is 6.84. The Kier molecular flexibility index (Phi) is 7.10. The van der Waals surface area contributed by atoms with Crippen LogP contribution in [0.15, 0.2) is 29.3 Å². The number of hydrogen-bond donors (Lipinski definition) is 3. The van der Waals surface area contributed by atoms with Gasteiger partial charge in [-0.25, -0.2) is 0 Å². The molecule has 0 heterocycles. The summed E-state index contributed by atoms with van der Waals surface area (Å²) in [5.41, 5.74) is -0.280. The highest BCUT2D eigenvalue weighted by Crippen LogP contribution is 2.44. The first-order valence-corrected chi connectivity index (χ1v) is 9.20. The highest BCUT2D eigenvalue weighted by atomic mass is 19.4. The van der Waals surface area contributed by atoms with Crippen molar-refractivity contribution in [1.82, 2.24) is 16.0 Å². The van der Waals surface area contributed by atoms with Crippen LogP contribution in [0, 0.1) is 0 Å². The van der Waals surface area contributed by atoms with Crippen molar-refractivity contribution in [2.75, 3.05) is 26.7 Å². The van der Waals surface area contributed by atoms with Gasteiger partial charge in [-0.2, -0.15) is 13.2 Å². The van der Waals surface area contributed by atoms with E-state index in [1.165, 1.54) is 12.1 Å². The molecule has 0 bridgehead atoms. The Morgan fingerprint density at radius 1 is 1.22 bits per heavy atom. The Morgan fingerprint density at radius 2 is 1.96 bits per heavy atom. The molecule has 3 N–H and O–H groups in total. The smallest absolute Gasteiger partial charge is 0.356 e. The molecule has 0 unspecified atom stereocenters. The van der Waals surface area contributed by atoms with Gasteiger partial charge in [0.15, 0.2) is 5.96 Å². The van der Waals surface area contributed by atoms with Crippen LogP contribution in [-0.4, -0.2) is 38.5 Å². The minimum absolute atomic E-state index is 0.0935. The molecule has 1 aliphatic rings. The molecule has 1 aromatic carbocycles. The van der Waals surface area contributed by atoms with Crippen molar-refractivity contribution in [3.05, 3.63) is 35.4 Å². The Hall–Kier alpha value is -2.25. The number of halogens is 3. The van der Waals surface area contributed by atoms with Crippen molar-refractivity contribution in [2.45, 2.75) is 44.2 Å². The number of nitrogens with one attached hydrogen (secondary N) is 3. The summed E-state index contributed by atoms with van der Waals surface area (Å²) in [5, 5.41) is 8.85. The van der Waals surface area contributed by atoms with Crippen LogP contribution in [0.2, 0.25) is 0 Å². The number of benzene rings is 1. The summed E-state index contributed by atoms with van der Waals surface area (Å²) in [6, 6.07) is 5.56. The molecular weight excluding hydrogens is 357 g/mol. The largest absolute Gasteiger partial charge is 0.416 e. The molecule has 0 radical (unpaired) electrons. The number of aliphatic imine (C=N–C) groups is 1. The summed E-state index contributed by atoms with van der Waals surface area (Å²) < 4.78 is 39.1. The third kappa shape index (κ3) is 5.61. The molecule has 1 aliphatic carbocycles. The minimum atomic E-state index is -4.35. The molecule has 5 nitrogen and oxygen atoms in total. The molecule has 8 heteroatoms. The summed E-state index contributed by atoms with van der Waals surface area (Å²) in [7, 11) is 1.59. The Labute approximate surface area is 157 Å². The zero-order valence-corrected chi connectivity index (χ0v) is 15.7. The Bertz CT molecular complexity index is 669.